The number of benzene rings is 1. The summed E-state index contributed by atoms with van der Waals surface area (Å²) >= 11 is 5.61. The van der Waals surface area contributed by atoms with Crippen molar-refractivity contribution >= 4 is 27.3 Å². The van der Waals surface area contributed by atoms with E-state index >= 15 is 0 Å². The zero-order chi connectivity index (χ0) is 11.2. The van der Waals surface area contributed by atoms with Crippen LogP contribution in [0.3, 0.4) is 0 Å². The van der Waals surface area contributed by atoms with Gasteiger partial charge in [-0.25, -0.2) is 12.8 Å². The average Bonchev–Trinajstić information content (AvgIpc) is 2.54. The fourth-order valence-corrected chi connectivity index (χ4v) is 2.86. The van der Waals surface area contributed by atoms with E-state index in [1.165, 1.54) is 16.4 Å². The van der Waals surface area contributed by atoms with E-state index < -0.39 is 15.8 Å². The Labute approximate surface area is 92.5 Å². The second kappa shape index (κ2) is 3.35. The van der Waals surface area contributed by atoms with Gasteiger partial charge in [0.05, 0.1) is 17.0 Å². The maximum absolute atomic E-state index is 13.5. The van der Waals surface area contributed by atoms with Gasteiger partial charge in [-0.3, -0.25) is 4.31 Å². The molecule has 82 valence electrons. The molecule has 0 fully saturated rings. The van der Waals surface area contributed by atoms with Crippen LogP contribution in [0.4, 0.5) is 10.1 Å². The summed E-state index contributed by atoms with van der Waals surface area (Å²) in [5.74, 6) is -0.514. The van der Waals surface area contributed by atoms with E-state index in [1.807, 2.05) is 0 Å². The number of fused-ring (bicyclic) bond motifs is 1. The molecule has 0 bridgehead atoms. The molecule has 1 aromatic rings. The zero-order valence-corrected chi connectivity index (χ0v) is 9.57. The third-order valence-corrected chi connectivity index (χ3v) is 3.88. The van der Waals surface area contributed by atoms with Crippen molar-refractivity contribution in [3.8, 4) is 0 Å². The van der Waals surface area contributed by atoms with Crippen LogP contribution in [0.2, 0.25) is 5.02 Å². The van der Waals surface area contributed by atoms with Crippen molar-refractivity contribution in [2.24, 2.45) is 0 Å². The van der Waals surface area contributed by atoms with Crippen LogP contribution < -0.4 is 4.31 Å². The van der Waals surface area contributed by atoms with Gasteiger partial charge in [0.1, 0.15) is 5.82 Å². The molecule has 1 aliphatic rings. The molecule has 15 heavy (non-hydrogen) atoms. The molecule has 0 aliphatic carbocycles. The highest BCUT2D eigenvalue weighted by molar-refractivity contribution is 7.92. The van der Waals surface area contributed by atoms with Gasteiger partial charge in [-0.1, -0.05) is 11.6 Å². The molecule has 0 N–H and O–H groups in total. The lowest BCUT2D eigenvalue weighted by molar-refractivity contribution is 0.598. The summed E-state index contributed by atoms with van der Waals surface area (Å²) in [6.45, 7) is 0.283. The number of halogens is 2. The lowest BCUT2D eigenvalue weighted by Gasteiger charge is -2.16. The Morgan fingerprint density at radius 1 is 1.47 bits per heavy atom. The summed E-state index contributed by atoms with van der Waals surface area (Å²) in [5, 5.41) is 0.0316. The van der Waals surface area contributed by atoms with Gasteiger partial charge in [0.2, 0.25) is 10.0 Å². The Kier molecular flexibility index (Phi) is 2.39. The standard InChI is InChI=1S/C9H9ClFNO2S/c1-15(13,14)12-5-4-6-8(12)3-2-7(10)9(6)11/h2-3H,4-5H2,1H3. The van der Waals surface area contributed by atoms with Crippen molar-refractivity contribution in [3.63, 3.8) is 0 Å². The van der Waals surface area contributed by atoms with Crippen molar-refractivity contribution in [2.75, 3.05) is 17.1 Å². The van der Waals surface area contributed by atoms with Crippen LogP contribution in [-0.2, 0) is 16.4 Å². The van der Waals surface area contributed by atoms with Gasteiger partial charge in [0.15, 0.2) is 0 Å². The Morgan fingerprint density at radius 3 is 2.73 bits per heavy atom. The van der Waals surface area contributed by atoms with Crippen LogP contribution in [0.5, 0.6) is 0 Å². The molecule has 0 radical (unpaired) electrons. The Morgan fingerprint density at radius 2 is 2.13 bits per heavy atom. The first-order chi connectivity index (χ1) is 6.91. The second-order valence-electron chi connectivity index (χ2n) is 3.44. The van der Waals surface area contributed by atoms with E-state index in [1.54, 1.807) is 0 Å². The number of nitrogens with zero attached hydrogens (tertiary/aromatic N) is 1. The van der Waals surface area contributed by atoms with Gasteiger partial charge < -0.3 is 0 Å². The highest BCUT2D eigenvalue weighted by Gasteiger charge is 2.28. The Bertz CT molecular complexity index is 515. The van der Waals surface area contributed by atoms with Crippen molar-refractivity contribution in [1.29, 1.82) is 0 Å². The van der Waals surface area contributed by atoms with Gasteiger partial charge in [0.25, 0.3) is 0 Å². The summed E-state index contributed by atoms with van der Waals surface area (Å²) < 4.78 is 37.4. The fraction of sp³-hybridized carbons (Fsp3) is 0.333. The normalized spacial score (nSPS) is 15.5. The number of hydrogen-bond acceptors (Lipinski definition) is 2. The summed E-state index contributed by atoms with van der Waals surface area (Å²) in [4.78, 5) is 0. The molecule has 0 saturated heterocycles. The first kappa shape index (κ1) is 10.7. The number of sulfonamides is 1. The smallest absolute Gasteiger partial charge is 0.232 e. The van der Waals surface area contributed by atoms with Crippen LogP contribution in [0.1, 0.15) is 5.56 Å². The first-order valence-corrected chi connectivity index (χ1v) is 6.58. The molecule has 0 atom stereocenters. The molecule has 0 aromatic heterocycles. The minimum atomic E-state index is -3.32. The van der Waals surface area contributed by atoms with E-state index in [2.05, 4.69) is 0 Å². The molecular weight excluding hydrogens is 241 g/mol. The van der Waals surface area contributed by atoms with E-state index in [0.717, 1.165) is 6.26 Å². The van der Waals surface area contributed by atoms with Crippen LogP contribution in [0.15, 0.2) is 12.1 Å². The molecule has 0 spiro atoms. The lowest BCUT2D eigenvalue weighted by atomic mass is 10.1. The largest absolute Gasteiger partial charge is 0.270 e. The summed E-state index contributed by atoms with van der Waals surface area (Å²) in [7, 11) is -3.32. The molecule has 3 nitrogen and oxygen atoms in total. The van der Waals surface area contributed by atoms with Crippen molar-refractivity contribution in [1.82, 2.24) is 0 Å². The minimum Gasteiger partial charge on any atom is -0.270 e. The third-order valence-electron chi connectivity index (χ3n) is 2.41. The number of anilines is 1. The summed E-state index contributed by atoms with van der Waals surface area (Å²) in [6, 6.07) is 2.91. The van der Waals surface area contributed by atoms with Crippen LogP contribution in [-0.4, -0.2) is 21.2 Å². The molecule has 1 aromatic carbocycles. The molecule has 1 heterocycles. The van der Waals surface area contributed by atoms with Crippen molar-refractivity contribution in [3.05, 3.63) is 28.5 Å². The average molecular weight is 250 g/mol. The second-order valence-corrected chi connectivity index (χ2v) is 5.76. The van der Waals surface area contributed by atoms with Gasteiger partial charge in [-0.15, -0.1) is 0 Å². The highest BCUT2D eigenvalue weighted by atomic mass is 35.5. The van der Waals surface area contributed by atoms with Crippen LogP contribution in [0, 0.1) is 5.82 Å². The van der Waals surface area contributed by atoms with Crippen LogP contribution in [0.25, 0.3) is 0 Å². The maximum Gasteiger partial charge on any atom is 0.232 e. The molecule has 0 amide bonds. The number of hydrogen-bond donors (Lipinski definition) is 0. The maximum atomic E-state index is 13.5. The fourth-order valence-electron chi connectivity index (χ4n) is 1.73. The van der Waals surface area contributed by atoms with Gasteiger partial charge in [-0.2, -0.15) is 0 Å². The van der Waals surface area contributed by atoms with Gasteiger partial charge in [-0.05, 0) is 18.6 Å². The highest BCUT2D eigenvalue weighted by Crippen LogP contribution is 2.34. The van der Waals surface area contributed by atoms with E-state index in [-0.39, 0.29) is 11.6 Å². The topological polar surface area (TPSA) is 37.4 Å². The first-order valence-electron chi connectivity index (χ1n) is 4.36. The molecule has 0 saturated carbocycles. The molecule has 0 unspecified atom stereocenters. The predicted octanol–water partition coefficient (Wildman–Crippen LogP) is 1.80. The molecule has 2 rings (SSSR count). The van der Waals surface area contributed by atoms with Crippen molar-refractivity contribution in [2.45, 2.75) is 6.42 Å². The van der Waals surface area contributed by atoms with E-state index in [9.17, 15) is 12.8 Å². The Balaban J connectivity index is 2.59. The van der Waals surface area contributed by atoms with Gasteiger partial charge >= 0.3 is 0 Å². The Hall–Kier alpha value is -0.810. The minimum absolute atomic E-state index is 0.0316. The SMILES string of the molecule is CS(=O)(=O)N1CCc2c1ccc(Cl)c2F. The lowest BCUT2D eigenvalue weighted by Crippen LogP contribution is -2.27. The van der Waals surface area contributed by atoms with Gasteiger partial charge in [0, 0.05) is 12.1 Å². The monoisotopic (exact) mass is 249 g/mol. The summed E-state index contributed by atoms with van der Waals surface area (Å²) in [5.41, 5.74) is 0.785. The molecule has 1 aliphatic heterocycles. The quantitative estimate of drug-likeness (QED) is 0.761. The van der Waals surface area contributed by atoms with Crippen molar-refractivity contribution < 1.29 is 12.8 Å². The molecule has 6 heteroatoms. The number of rotatable bonds is 1. The zero-order valence-electron chi connectivity index (χ0n) is 8.00. The predicted molar refractivity (Wildman–Crippen MR) is 57.3 cm³/mol. The van der Waals surface area contributed by atoms with E-state index in [4.69, 9.17) is 11.6 Å². The van der Waals surface area contributed by atoms with E-state index in [0.29, 0.717) is 17.7 Å². The van der Waals surface area contributed by atoms with Crippen LogP contribution >= 0.6 is 11.6 Å². The molecular formula is C9H9ClFNO2S. The third kappa shape index (κ3) is 1.70. The summed E-state index contributed by atoms with van der Waals surface area (Å²) in [6.07, 6.45) is 1.48.